The number of hydrogen-bond donors (Lipinski definition) is 2. The fourth-order valence-electron chi connectivity index (χ4n) is 2.96. The van der Waals surface area contributed by atoms with Gasteiger partial charge in [0.05, 0.1) is 6.61 Å². The molecule has 0 bridgehead atoms. The summed E-state index contributed by atoms with van der Waals surface area (Å²) in [4.78, 5) is 11.6. The van der Waals surface area contributed by atoms with Crippen molar-refractivity contribution in [3.05, 3.63) is 0 Å². The van der Waals surface area contributed by atoms with E-state index in [-0.39, 0.29) is 6.09 Å². The Balaban J connectivity index is 2.19. The molecule has 0 aromatic rings. The molecule has 0 heterocycles. The first kappa shape index (κ1) is 19.2. The van der Waals surface area contributed by atoms with E-state index in [9.17, 15) is 4.79 Å². The van der Waals surface area contributed by atoms with Crippen molar-refractivity contribution in [2.24, 2.45) is 5.92 Å². The Morgan fingerprint density at radius 3 is 2.59 bits per heavy atom. The Morgan fingerprint density at radius 2 is 2.05 bits per heavy atom. The first-order chi connectivity index (χ1) is 10.3. The predicted octanol–water partition coefficient (Wildman–Crippen LogP) is 3.08. The Morgan fingerprint density at radius 1 is 1.32 bits per heavy atom. The molecule has 1 saturated carbocycles. The van der Waals surface area contributed by atoms with Gasteiger partial charge in [0.25, 0.3) is 0 Å². The van der Waals surface area contributed by atoms with Crippen molar-refractivity contribution in [2.45, 2.75) is 77.5 Å². The van der Waals surface area contributed by atoms with E-state index < -0.39 is 5.60 Å². The van der Waals surface area contributed by atoms with Crippen LogP contribution in [0.25, 0.3) is 0 Å². The van der Waals surface area contributed by atoms with Gasteiger partial charge in [-0.05, 0) is 58.8 Å². The van der Waals surface area contributed by atoms with Crippen LogP contribution in [-0.2, 0) is 9.47 Å². The summed E-state index contributed by atoms with van der Waals surface area (Å²) in [5.74, 6) is 0.828. The number of hydrogen-bond acceptors (Lipinski definition) is 4. The second kappa shape index (κ2) is 9.36. The highest BCUT2D eigenvalue weighted by Crippen LogP contribution is 2.25. The highest BCUT2D eigenvalue weighted by atomic mass is 16.6. The Bertz CT molecular complexity index is 328. The minimum atomic E-state index is -0.441. The average molecular weight is 314 g/mol. The predicted molar refractivity (Wildman–Crippen MR) is 89.1 cm³/mol. The summed E-state index contributed by atoms with van der Waals surface area (Å²) < 4.78 is 10.5. The minimum absolute atomic E-state index is 0.339. The van der Waals surface area contributed by atoms with E-state index in [4.69, 9.17) is 9.47 Å². The number of ether oxygens (including phenoxy) is 2. The number of rotatable bonds is 8. The summed E-state index contributed by atoms with van der Waals surface area (Å²) in [5, 5.41) is 6.51. The molecule has 1 rings (SSSR count). The molecule has 5 heteroatoms. The van der Waals surface area contributed by atoms with Gasteiger partial charge in [0.2, 0.25) is 0 Å². The molecule has 1 aliphatic rings. The second-order valence-electron chi connectivity index (χ2n) is 7.50. The van der Waals surface area contributed by atoms with Crippen molar-refractivity contribution in [3.8, 4) is 0 Å². The number of alkyl carbamates (subject to hydrolysis) is 1. The van der Waals surface area contributed by atoms with E-state index >= 15 is 0 Å². The maximum Gasteiger partial charge on any atom is 0.407 e. The smallest absolute Gasteiger partial charge is 0.407 e. The lowest BCUT2D eigenvalue weighted by atomic mass is 10.1. The van der Waals surface area contributed by atoms with Crippen molar-refractivity contribution in [1.82, 2.24) is 10.6 Å². The van der Waals surface area contributed by atoms with E-state index in [0.717, 1.165) is 25.4 Å². The van der Waals surface area contributed by atoms with Crippen LogP contribution in [0.15, 0.2) is 0 Å². The van der Waals surface area contributed by atoms with Gasteiger partial charge in [-0.15, -0.1) is 0 Å². The van der Waals surface area contributed by atoms with Crippen LogP contribution in [0.2, 0.25) is 0 Å². The van der Waals surface area contributed by atoms with Crippen molar-refractivity contribution < 1.29 is 14.3 Å². The lowest BCUT2D eigenvalue weighted by molar-refractivity contribution is 0.0526. The zero-order valence-corrected chi connectivity index (χ0v) is 14.9. The first-order valence-electron chi connectivity index (χ1n) is 8.52. The van der Waals surface area contributed by atoms with Crippen LogP contribution in [0.5, 0.6) is 0 Å². The van der Waals surface area contributed by atoms with Gasteiger partial charge in [0.15, 0.2) is 0 Å². The van der Waals surface area contributed by atoms with E-state index in [1.165, 1.54) is 19.3 Å². The molecule has 3 atom stereocenters. The Labute approximate surface area is 135 Å². The van der Waals surface area contributed by atoms with E-state index in [2.05, 4.69) is 17.6 Å². The summed E-state index contributed by atoms with van der Waals surface area (Å²) in [7, 11) is 1.74. The van der Waals surface area contributed by atoms with Gasteiger partial charge in [-0.3, -0.25) is 0 Å². The number of methoxy groups -OCH3 is 1. The number of nitrogens with one attached hydrogen (secondary N) is 2. The van der Waals surface area contributed by atoms with E-state index in [0.29, 0.717) is 18.6 Å². The highest BCUT2D eigenvalue weighted by Gasteiger charge is 2.23. The van der Waals surface area contributed by atoms with Crippen LogP contribution in [-0.4, -0.2) is 44.0 Å². The number of amides is 1. The van der Waals surface area contributed by atoms with Gasteiger partial charge in [0, 0.05) is 25.7 Å². The summed E-state index contributed by atoms with van der Waals surface area (Å²) in [6.45, 7) is 9.28. The van der Waals surface area contributed by atoms with Crippen LogP contribution in [0, 0.1) is 5.92 Å². The van der Waals surface area contributed by atoms with Crippen molar-refractivity contribution in [1.29, 1.82) is 0 Å². The molecule has 5 nitrogen and oxygen atoms in total. The number of carbonyl (C=O) groups is 1. The molecule has 2 N–H and O–H groups in total. The van der Waals surface area contributed by atoms with Crippen molar-refractivity contribution in [3.63, 3.8) is 0 Å². The lowest BCUT2D eigenvalue weighted by Crippen LogP contribution is -2.40. The molecule has 3 unspecified atom stereocenters. The Kier molecular flexibility index (Phi) is 8.18. The molecule has 130 valence electrons. The maximum atomic E-state index is 11.6. The average Bonchev–Trinajstić information content (AvgIpc) is 2.78. The molecule has 0 spiro atoms. The topological polar surface area (TPSA) is 59.6 Å². The quantitative estimate of drug-likeness (QED) is 0.676. The zero-order chi connectivity index (χ0) is 16.6. The second-order valence-corrected chi connectivity index (χ2v) is 7.50. The minimum Gasteiger partial charge on any atom is -0.444 e. The third-order valence-corrected chi connectivity index (χ3v) is 3.93. The molecular formula is C17H34N2O3. The van der Waals surface area contributed by atoms with Crippen molar-refractivity contribution >= 4 is 6.09 Å². The fourth-order valence-corrected chi connectivity index (χ4v) is 2.96. The molecule has 0 aromatic carbocycles. The van der Waals surface area contributed by atoms with Gasteiger partial charge in [0.1, 0.15) is 5.60 Å². The molecule has 1 aliphatic carbocycles. The SMILES string of the molecule is COCC(CCCNC(=O)OC(C)(C)C)NC1CCC(C)C1. The monoisotopic (exact) mass is 314 g/mol. The van der Waals surface area contributed by atoms with Crippen LogP contribution in [0.1, 0.15) is 59.8 Å². The first-order valence-corrected chi connectivity index (χ1v) is 8.52. The van der Waals surface area contributed by atoms with Crippen molar-refractivity contribution in [2.75, 3.05) is 20.3 Å². The molecule has 0 saturated heterocycles. The Hall–Kier alpha value is -0.810. The van der Waals surface area contributed by atoms with Crippen LogP contribution >= 0.6 is 0 Å². The molecule has 1 amide bonds. The maximum absolute atomic E-state index is 11.6. The van der Waals surface area contributed by atoms with E-state index in [1.807, 2.05) is 20.8 Å². The van der Waals surface area contributed by atoms with Gasteiger partial charge in [-0.1, -0.05) is 6.92 Å². The lowest BCUT2D eigenvalue weighted by Gasteiger charge is -2.23. The molecule has 0 aliphatic heterocycles. The van der Waals surface area contributed by atoms with Crippen LogP contribution in [0.4, 0.5) is 4.79 Å². The molecular weight excluding hydrogens is 280 g/mol. The van der Waals surface area contributed by atoms with Gasteiger partial charge >= 0.3 is 6.09 Å². The number of carbonyl (C=O) groups excluding carboxylic acids is 1. The summed E-state index contributed by atoms with van der Waals surface area (Å²) in [5.41, 5.74) is -0.441. The normalized spacial score (nSPS) is 23.3. The molecule has 0 radical (unpaired) electrons. The standard InChI is InChI=1S/C17H34N2O3/c1-13-8-9-14(11-13)19-15(12-21-5)7-6-10-18-16(20)22-17(2,3)4/h13-15,19H,6-12H2,1-5H3,(H,18,20). The van der Waals surface area contributed by atoms with Crippen LogP contribution < -0.4 is 10.6 Å². The molecule has 1 fully saturated rings. The van der Waals surface area contributed by atoms with E-state index in [1.54, 1.807) is 7.11 Å². The summed E-state index contributed by atoms with van der Waals surface area (Å²) in [6, 6.07) is 0.981. The summed E-state index contributed by atoms with van der Waals surface area (Å²) in [6.07, 6.45) is 5.41. The largest absolute Gasteiger partial charge is 0.444 e. The van der Waals surface area contributed by atoms with Gasteiger partial charge in [-0.2, -0.15) is 0 Å². The fraction of sp³-hybridized carbons (Fsp3) is 0.941. The molecule has 22 heavy (non-hydrogen) atoms. The van der Waals surface area contributed by atoms with Gasteiger partial charge < -0.3 is 20.1 Å². The summed E-state index contributed by atoms with van der Waals surface area (Å²) >= 11 is 0. The third-order valence-electron chi connectivity index (χ3n) is 3.93. The third kappa shape index (κ3) is 8.59. The van der Waals surface area contributed by atoms with Crippen LogP contribution in [0.3, 0.4) is 0 Å². The van der Waals surface area contributed by atoms with Gasteiger partial charge in [-0.25, -0.2) is 4.79 Å². The molecule has 0 aromatic heterocycles. The highest BCUT2D eigenvalue weighted by molar-refractivity contribution is 5.67. The zero-order valence-electron chi connectivity index (χ0n) is 14.9.